The van der Waals surface area contributed by atoms with Crippen molar-refractivity contribution in [1.29, 1.82) is 0 Å². The van der Waals surface area contributed by atoms with Crippen LogP contribution in [-0.2, 0) is 33.6 Å². The number of Topliss-reactive ketones (excluding diaryl/α,β-unsaturated/α-hetero) is 2. The van der Waals surface area contributed by atoms with Crippen LogP contribution in [0.25, 0.3) is 16.9 Å². The molecular formula is C35H42N4O7. The largest absolute Gasteiger partial charge is 0.508 e. The van der Waals surface area contributed by atoms with Gasteiger partial charge in [-0.25, -0.2) is 0 Å². The summed E-state index contributed by atoms with van der Waals surface area (Å²) < 4.78 is 0. The topological polar surface area (TPSA) is 177 Å². The molecule has 5 atom stereocenters. The van der Waals surface area contributed by atoms with Crippen molar-refractivity contribution in [1.82, 2.24) is 15.1 Å². The molecule has 1 amide bonds. The lowest BCUT2D eigenvalue weighted by atomic mass is 9.57. The van der Waals surface area contributed by atoms with Crippen LogP contribution < -0.4 is 11.1 Å². The van der Waals surface area contributed by atoms with Crippen LogP contribution in [0.1, 0.15) is 35.6 Å². The number of likely N-dealkylation sites (N-methyl/N-ethyl adjacent to an activating group) is 2. The Morgan fingerprint density at radius 3 is 2.46 bits per heavy atom. The third-order valence-corrected chi connectivity index (χ3v) is 10.4. The minimum Gasteiger partial charge on any atom is -0.508 e. The number of piperazine rings is 1. The lowest BCUT2D eigenvalue weighted by Gasteiger charge is -2.50. The standard InChI is InChI=1S/C35H42N4O7/c1-5-18-13-23(19-8-6-17(7-9-19)12-21-16-39(4)11-10-37-21)29(40)26-22(18)14-20-15-24-28(38(2)3)31(42)27(34(36)45)33(44)35(24,46)32(43)25(20)30(26)41/h6-9,13,20-21,24,28,37,40-41,44,46H,5,10-12,14-16H2,1-4H3,(H2,36,45). The fraction of sp³-hybridized carbons (Fsp3) is 0.457. The summed E-state index contributed by atoms with van der Waals surface area (Å²) in [7, 11) is 5.28. The molecule has 0 spiro atoms. The minimum atomic E-state index is -2.66. The highest BCUT2D eigenvalue weighted by Crippen LogP contribution is 2.54. The number of phenols is 1. The van der Waals surface area contributed by atoms with Crippen LogP contribution in [-0.4, -0.2) is 106 Å². The van der Waals surface area contributed by atoms with E-state index in [1.807, 2.05) is 37.3 Å². The summed E-state index contributed by atoms with van der Waals surface area (Å²) in [6, 6.07) is 9.08. The minimum absolute atomic E-state index is 0.0601. The molecule has 0 aromatic heterocycles. The molecule has 0 bridgehead atoms. The molecule has 0 radical (unpaired) electrons. The van der Waals surface area contributed by atoms with Gasteiger partial charge in [0.1, 0.15) is 22.8 Å². The number of rotatable bonds is 6. The third-order valence-electron chi connectivity index (χ3n) is 10.4. The summed E-state index contributed by atoms with van der Waals surface area (Å²) in [6.45, 7) is 4.90. The highest BCUT2D eigenvalue weighted by molar-refractivity contribution is 6.24. The van der Waals surface area contributed by atoms with E-state index in [2.05, 4.69) is 17.3 Å². The highest BCUT2D eigenvalue weighted by Gasteiger charge is 2.64. The molecule has 11 nitrogen and oxygen atoms in total. The number of primary amides is 1. The van der Waals surface area contributed by atoms with Crippen LogP contribution in [0.4, 0.5) is 0 Å². The summed E-state index contributed by atoms with van der Waals surface area (Å²) in [6.07, 6.45) is 1.79. The van der Waals surface area contributed by atoms with Gasteiger partial charge in [0.15, 0.2) is 11.4 Å². The summed E-state index contributed by atoms with van der Waals surface area (Å²) in [5.41, 5.74) is 5.88. The second-order valence-corrected chi connectivity index (χ2v) is 13.4. The second kappa shape index (κ2) is 11.6. The number of aliphatic hydroxyl groups is 3. The number of aryl methyl sites for hydroxylation is 1. The number of nitrogens with zero attached hydrogens (tertiary/aromatic N) is 2. The van der Waals surface area contributed by atoms with Crippen LogP contribution in [0.2, 0.25) is 0 Å². The number of hydrogen-bond donors (Lipinski definition) is 6. The summed E-state index contributed by atoms with van der Waals surface area (Å²) in [5, 5.41) is 50.0. The second-order valence-electron chi connectivity index (χ2n) is 13.4. The number of benzene rings is 2. The van der Waals surface area contributed by atoms with Gasteiger partial charge in [-0.3, -0.25) is 19.3 Å². The molecule has 2 fully saturated rings. The first kappa shape index (κ1) is 31.9. The normalized spacial score (nSPS) is 28.3. The number of fused-ring (bicyclic) bond motifs is 3. The van der Waals surface area contributed by atoms with Crippen molar-refractivity contribution in [3.05, 3.63) is 69.5 Å². The lowest BCUT2D eigenvalue weighted by molar-refractivity contribution is -0.153. The van der Waals surface area contributed by atoms with E-state index in [1.54, 1.807) is 14.1 Å². The number of phenolic OH excluding ortho intramolecular Hbond substituents is 1. The molecule has 2 aromatic rings. The van der Waals surface area contributed by atoms with Crippen molar-refractivity contribution in [3.63, 3.8) is 0 Å². The number of carbonyl (C=O) groups excluding carboxylic acids is 3. The molecular weight excluding hydrogens is 588 g/mol. The summed E-state index contributed by atoms with van der Waals surface area (Å²) in [4.78, 5) is 43.6. The van der Waals surface area contributed by atoms with Gasteiger partial charge in [-0.15, -0.1) is 0 Å². The zero-order valence-corrected chi connectivity index (χ0v) is 26.6. The van der Waals surface area contributed by atoms with Gasteiger partial charge >= 0.3 is 0 Å². The number of nitrogens with one attached hydrogen (secondary N) is 1. The maximum absolute atomic E-state index is 14.2. The van der Waals surface area contributed by atoms with Gasteiger partial charge < -0.3 is 36.4 Å². The van der Waals surface area contributed by atoms with E-state index in [4.69, 9.17) is 5.73 Å². The average molecular weight is 631 g/mol. The molecule has 1 saturated heterocycles. The first-order valence-electron chi connectivity index (χ1n) is 15.8. The Balaban J connectivity index is 1.43. The Kier molecular flexibility index (Phi) is 8.08. The van der Waals surface area contributed by atoms with E-state index in [1.165, 1.54) is 4.90 Å². The molecule has 1 heterocycles. The molecule has 7 N–H and O–H groups in total. The van der Waals surface area contributed by atoms with Gasteiger partial charge in [-0.1, -0.05) is 31.2 Å². The maximum atomic E-state index is 14.2. The van der Waals surface area contributed by atoms with E-state index in [0.717, 1.165) is 42.7 Å². The Labute approximate surface area is 268 Å². The fourth-order valence-corrected chi connectivity index (χ4v) is 8.16. The van der Waals surface area contributed by atoms with E-state index < -0.39 is 58.0 Å². The molecule has 1 saturated carbocycles. The average Bonchev–Trinajstić information content (AvgIpc) is 2.99. The van der Waals surface area contributed by atoms with E-state index in [-0.39, 0.29) is 29.7 Å². The van der Waals surface area contributed by atoms with Crippen LogP contribution in [0.5, 0.6) is 5.75 Å². The molecule has 3 aliphatic carbocycles. The number of amides is 1. The summed E-state index contributed by atoms with van der Waals surface area (Å²) in [5.74, 6) is -6.51. The van der Waals surface area contributed by atoms with E-state index in [9.17, 15) is 34.8 Å². The fourth-order valence-electron chi connectivity index (χ4n) is 8.16. The Hall–Kier alpha value is -4.03. The number of carbonyl (C=O) groups is 3. The third kappa shape index (κ3) is 4.84. The van der Waals surface area contributed by atoms with Gasteiger partial charge in [0.05, 0.1) is 11.6 Å². The molecule has 6 rings (SSSR count). The van der Waals surface area contributed by atoms with E-state index in [0.29, 0.717) is 23.6 Å². The molecule has 1 aliphatic heterocycles. The number of aromatic hydroxyl groups is 1. The van der Waals surface area contributed by atoms with Gasteiger partial charge in [0, 0.05) is 42.7 Å². The number of nitrogens with two attached hydrogens (primary N) is 1. The molecule has 11 heteroatoms. The van der Waals surface area contributed by atoms with Crippen molar-refractivity contribution in [3.8, 4) is 16.9 Å². The SMILES string of the molecule is CCc1cc(-c2ccc(CC3CN(C)CCN3)cc2)c(O)c2c1CC1CC3C(N(C)C)C(=O)C(C(N)=O)=C(O)C3(O)C(=O)C1=C2O. The smallest absolute Gasteiger partial charge is 0.255 e. The highest BCUT2D eigenvalue weighted by atomic mass is 16.3. The van der Waals surface area contributed by atoms with Gasteiger partial charge in [-0.05, 0) is 81.1 Å². The number of ketones is 2. The molecule has 4 aliphatic rings. The summed E-state index contributed by atoms with van der Waals surface area (Å²) >= 11 is 0. The van der Waals surface area contributed by atoms with E-state index >= 15 is 0 Å². The Morgan fingerprint density at radius 1 is 1.15 bits per heavy atom. The molecule has 46 heavy (non-hydrogen) atoms. The number of aliphatic hydroxyl groups excluding tert-OH is 2. The van der Waals surface area contributed by atoms with Crippen LogP contribution in [0, 0.1) is 11.8 Å². The van der Waals surface area contributed by atoms with Gasteiger partial charge in [0.25, 0.3) is 5.91 Å². The molecule has 244 valence electrons. The predicted octanol–water partition coefficient (Wildman–Crippen LogP) is 1.64. The Morgan fingerprint density at radius 2 is 1.85 bits per heavy atom. The number of hydrogen-bond acceptors (Lipinski definition) is 10. The van der Waals surface area contributed by atoms with Gasteiger partial charge in [0.2, 0.25) is 5.78 Å². The predicted molar refractivity (Wildman–Crippen MR) is 172 cm³/mol. The first-order valence-corrected chi connectivity index (χ1v) is 15.8. The van der Waals surface area contributed by atoms with Crippen molar-refractivity contribution < 1.29 is 34.8 Å². The first-order chi connectivity index (χ1) is 21.8. The van der Waals surface area contributed by atoms with Crippen molar-refractivity contribution >= 4 is 23.2 Å². The zero-order chi connectivity index (χ0) is 33.2. The van der Waals surface area contributed by atoms with Gasteiger partial charge in [-0.2, -0.15) is 0 Å². The monoisotopic (exact) mass is 630 g/mol. The molecule has 2 aromatic carbocycles. The maximum Gasteiger partial charge on any atom is 0.255 e. The zero-order valence-electron chi connectivity index (χ0n) is 26.6. The quantitative estimate of drug-likeness (QED) is 0.257. The van der Waals surface area contributed by atoms with Crippen LogP contribution in [0.15, 0.2) is 47.2 Å². The lowest BCUT2D eigenvalue weighted by Crippen LogP contribution is -2.65. The van der Waals surface area contributed by atoms with Crippen molar-refractivity contribution in [2.75, 3.05) is 40.8 Å². The van der Waals surface area contributed by atoms with Crippen molar-refractivity contribution in [2.45, 2.75) is 50.3 Å². The van der Waals surface area contributed by atoms with Crippen molar-refractivity contribution in [2.24, 2.45) is 17.6 Å². The van der Waals surface area contributed by atoms with Crippen LogP contribution in [0.3, 0.4) is 0 Å². The molecule has 5 unspecified atom stereocenters. The van der Waals surface area contributed by atoms with Crippen LogP contribution >= 0.6 is 0 Å². The Bertz CT molecular complexity index is 1700.